The van der Waals surface area contributed by atoms with E-state index in [1.54, 1.807) is 10.9 Å². The Balaban J connectivity index is 2.48. The molecular weight excluding hydrogens is 396 g/mol. The second-order valence-corrected chi connectivity index (χ2v) is 9.59. The molecule has 0 spiro atoms. The molecule has 0 radical (unpaired) electrons. The van der Waals surface area contributed by atoms with Crippen LogP contribution in [0.2, 0.25) is 0 Å². The number of rotatable bonds is 4. The van der Waals surface area contributed by atoms with Crippen LogP contribution in [0.1, 0.15) is 58.2 Å². The summed E-state index contributed by atoms with van der Waals surface area (Å²) in [5.41, 5.74) is 2.61. The fourth-order valence-corrected chi connectivity index (χ4v) is 3.79. The van der Waals surface area contributed by atoms with Crippen LogP contribution in [0.3, 0.4) is 0 Å². The number of hydrogen-bond acceptors (Lipinski definition) is 5. The number of aromatic nitrogens is 2. The van der Waals surface area contributed by atoms with Crippen LogP contribution in [0.4, 0.5) is 11.4 Å². The average Bonchev–Trinajstić information content (AvgIpc) is 3.09. The predicted molar refractivity (Wildman–Crippen MR) is 122 cm³/mol. The molecule has 0 saturated heterocycles. The highest BCUT2D eigenvalue weighted by Crippen LogP contribution is 2.39. The summed E-state index contributed by atoms with van der Waals surface area (Å²) in [5.74, 6) is 0. The van der Waals surface area contributed by atoms with E-state index in [9.17, 15) is 20.2 Å². The van der Waals surface area contributed by atoms with Gasteiger partial charge in [0.25, 0.3) is 11.4 Å². The fourth-order valence-electron chi connectivity index (χ4n) is 3.79. The van der Waals surface area contributed by atoms with Gasteiger partial charge in [-0.25, -0.2) is 4.98 Å². The van der Waals surface area contributed by atoms with Gasteiger partial charge in [-0.2, -0.15) is 0 Å². The maximum atomic E-state index is 11.7. The quantitative estimate of drug-likeness (QED) is 0.374. The number of imidazole rings is 1. The van der Waals surface area contributed by atoms with Crippen molar-refractivity contribution in [1.29, 1.82) is 0 Å². The van der Waals surface area contributed by atoms with Crippen molar-refractivity contribution in [3.8, 4) is 5.69 Å². The lowest BCUT2D eigenvalue weighted by Crippen LogP contribution is -2.17. The highest BCUT2D eigenvalue weighted by Gasteiger charge is 2.29. The molecule has 0 saturated carbocycles. The van der Waals surface area contributed by atoms with Crippen LogP contribution in [0, 0.1) is 20.2 Å². The zero-order valence-electron chi connectivity index (χ0n) is 18.6. The van der Waals surface area contributed by atoms with Gasteiger partial charge in [0.05, 0.1) is 26.6 Å². The molecule has 3 aromatic rings. The lowest BCUT2D eigenvalue weighted by molar-refractivity contribution is -0.394. The number of fused-ring (bicyclic) bond motifs is 1. The van der Waals surface area contributed by atoms with Gasteiger partial charge in [0.15, 0.2) is 0 Å². The zero-order valence-corrected chi connectivity index (χ0v) is 18.6. The molecule has 0 bridgehead atoms. The van der Waals surface area contributed by atoms with E-state index in [4.69, 9.17) is 0 Å². The van der Waals surface area contributed by atoms with Crippen LogP contribution in [0.25, 0.3) is 22.8 Å². The Kier molecular flexibility index (Phi) is 5.21. The summed E-state index contributed by atoms with van der Waals surface area (Å²) in [4.78, 5) is 26.7. The molecule has 1 heterocycles. The smallest absolute Gasteiger partial charge is 0.285 e. The minimum Gasteiger partial charge on any atom is -0.298 e. The summed E-state index contributed by atoms with van der Waals surface area (Å²) in [6.07, 6.45) is 2.72. The molecule has 1 aromatic heterocycles. The first kappa shape index (κ1) is 22.1. The largest absolute Gasteiger partial charge is 0.298 e. The summed E-state index contributed by atoms with van der Waals surface area (Å²) in [5, 5.41) is 23.3. The van der Waals surface area contributed by atoms with Crippen LogP contribution in [0.5, 0.6) is 0 Å². The van der Waals surface area contributed by atoms with E-state index < -0.39 is 9.85 Å². The van der Waals surface area contributed by atoms with Gasteiger partial charge in [0.2, 0.25) is 0 Å². The maximum absolute atomic E-state index is 11.7. The van der Waals surface area contributed by atoms with Gasteiger partial charge in [0, 0.05) is 12.1 Å². The number of nitro groups is 2. The summed E-state index contributed by atoms with van der Waals surface area (Å²) in [6.45, 7) is 16.0. The Hall–Kier alpha value is -3.55. The molecule has 2 aromatic carbocycles. The van der Waals surface area contributed by atoms with Crippen molar-refractivity contribution in [2.24, 2.45) is 0 Å². The summed E-state index contributed by atoms with van der Waals surface area (Å²) < 4.78 is 1.71. The Labute approximate surface area is 180 Å². The lowest BCUT2D eigenvalue weighted by Gasteiger charge is -2.25. The van der Waals surface area contributed by atoms with Crippen molar-refractivity contribution >= 4 is 28.5 Å². The molecule has 0 aliphatic rings. The van der Waals surface area contributed by atoms with Crippen molar-refractivity contribution in [2.45, 2.75) is 52.4 Å². The third-order valence-electron chi connectivity index (χ3n) is 5.31. The molecule has 162 valence electrons. The minimum absolute atomic E-state index is 0.116. The normalized spacial score (nSPS) is 12.2. The second-order valence-electron chi connectivity index (χ2n) is 9.59. The molecule has 8 nitrogen and oxygen atoms in total. The van der Waals surface area contributed by atoms with Crippen LogP contribution < -0.4 is 0 Å². The van der Waals surface area contributed by atoms with E-state index in [-0.39, 0.29) is 27.8 Å². The Morgan fingerprint density at radius 3 is 1.84 bits per heavy atom. The van der Waals surface area contributed by atoms with E-state index in [1.807, 2.05) is 6.07 Å². The molecular formula is C23H26N4O4. The van der Waals surface area contributed by atoms with Gasteiger partial charge in [-0.15, -0.1) is 0 Å². The zero-order chi connectivity index (χ0) is 23.3. The third kappa shape index (κ3) is 3.81. The van der Waals surface area contributed by atoms with Crippen molar-refractivity contribution in [3.63, 3.8) is 0 Å². The SMILES string of the molecule is C=Cc1c([N+](=O)[O-])cc(-n2cnc3c(C(C)(C)C)ccc(C(C)(C)C)c32)cc1[N+](=O)[O-]. The van der Waals surface area contributed by atoms with Crippen molar-refractivity contribution < 1.29 is 9.85 Å². The molecule has 3 rings (SSSR count). The Morgan fingerprint density at radius 2 is 1.42 bits per heavy atom. The minimum atomic E-state index is -0.627. The lowest BCUT2D eigenvalue weighted by atomic mass is 9.81. The van der Waals surface area contributed by atoms with Crippen LogP contribution >= 0.6 is 0 Å². The van der Waals surface area contributed by atoms with E-state index >= 15 is 0 Å². The van der Waals surface area contributed by atoms with Gasteiger partial charge >= 0.3 is 0 Å². The fraction of sp³-hybridized carbons (Fsp3) is 0.348. The number of benzene rings is 2. The average molecular weight is 422 g/mol. The van der Waals surface area contributed by atoms with Crippen LogP contribution in [-0.2, 0) is 10.8 Å². The van der Waals surface area contributed by atoms with Crippen LogP contribution in [0.15, 0.2) is 37.2 Å². The molecule has 0 N–H and O–H groups in total. The maximum Gasteiger partial charge on any atom is 0.285 e. The molecule has 0 aliphatic heterocycles. The van der Waals surface area contributed by atoms with Crippen molar-refractivity contribution in [1.82, 2.24) is 9.55 Å². The molecule has 0 unspecified atom stereocenters. The second kappa shape index (κ2) is 7.30. The first-order valence-electron chi connectivity index (χ1n) is 9.88. The first-order valence-corrected chi connectivity index (χ1v) is 9.88. The number of nitrogens with zero attached hydrogens (tertiary/aromatic N) is 4. The van der Waals surface area contributed by atoms with Gasteiger partial charge in [0.1, 0.15) is 11.9 Å². The summed E-state index contributed by atoms with van der Waals surface area (Å²) in [7, 11) is 0. The first-order chi connectivity index (χ1) is 14.3. The topological polar surface area (TPSA) is 104 Å². The third-order valence-corrected chi connectivity index (χ3v) is 5.31. The van der Waals surface area contributed by atoms with Gasteiger partial charge in [-0.1, -0.05) is 60.3 Å². The highest BCUT2D eigenvalue weighted by molar-refractivity contribution is 5.86. The van der Waals surface area contributed by atoms with E-state index in [2.05, 4.69) is 59.2 Å². The number of hydrogen-bond donors (Lipinski definition) is 0. The Morgan fingerprint density at radius 1 is 0.935 bits per heavy atom. The van der Waals surface area contributed by atoms with Crippen LogP contribution in [-0.4, -0.2) is 19.4 Å². The molecule has 0 atom stereocenters. The molecule has 0 fully saturated rings. The molecule has 8 heteroatoms. The predicted octanol–water partition coefficient (Wildman–Crippen LogP) is 6.08. The molecule has 0 aliphatic carbocycles. The van der Waals surface area contributed by atoms with E-state index in [0.29, 0.717) is 5.69 Å². The Bertz CT molecular complexity index is 1190. The number of nitro benzene ring substituents is 2. The van der Waals surface area contributed by atoms with Crippen molar-refractivity contribution in [2.75, 3.05) is 0 Å². The van der Waals surface area contributed by atoms with Gasteiger partial charge in [-0.05, 0) is 28.0 Å². The van der Waals surface area contributed by atoms with E-state index in [0.717, 1.165) is 28.2 Å². The monoisotopic (exact) mass is 422 g/mol. The molecule has 0 amide bonds. The summed E-state index contributed by atoms with van der Waals surface area (Å²) >= 11 is 0. The summed E-state index contributed by atoms with van der Waals surface area (Å²) in [6, 6.07) is 6.77. The van der Waals surface area contributed by atoms with Gasteiger partial charge < -0.3 is 0 Å². The van der Waals surface area contributed by atoms with Gasteiger partial charge in [-0.3, -0.25) is 24.8 Å². The molecule has 31 heavy (non-hydrogen) atoms. The standard InChI is InChI=1S/C23H26N4O4/c1-8-15-18(26(28)29)11-14(12-19(15)27(30)31)25-13-24-20-16(22(2,3)4)9-10-17(21(20)25)23(5,6)7/h8-13H,1H2,2-7H3. The van der Waals surface area contributed by atoms with Crippen molar-refractivity contribution in [3.05, 3.63) is 74.1 Å². The van der Waals surface area contributed by atoms with E-state index in [1.165, 1.54) is 12.1 Å². The highest BCUT2D eigenvalue weighted by atomic mass is 16.6.